The van der Waals surface area contributed by atoms with E-state index in [1.807, 2.05) is 32.9 Å². The van der Waals surface area contributed by atoms with E-state index in [9.17, 15) is 9.59 Å². The fourth-order valence-corrected chi connectivity index (χ4v) is 1.90. The molecule has 0 fully saturated rings. The van der Waals surface area contributed by atoms with Crippen LogP contribution in [0.2, 0.25) is 5.02 Å². The molecule has 6 heteroatoms. The van der Waals surface area contributed by atoms with Gasteiger partial charge in [-0.25, -0.2) is 9.59 Å². The van der Waals surface area contributed by atoms with Crippen molar-refractivity contribution < 1.29 is 19.1 Å². The van der Waals surface area contributed by atoms with Crippen molar-refractivity contribution in [3.8, 4) is 0 Å². The Morgan fingerprint density at radius 3 is 2.61 bits per heavy atom. The molecule has 0 unspecified atom stereocenters. The SMILES string of the molecule is COC(=O)c1cc(C=CCCNC(=O)OC(C)(C)C)ccc1Cl. The molecule has 1 aromatic rings. The third-order valence-corrected chi connectivity index (χ3v) is 3.01. The number of alkyl carbamates (subject to hydrolysis) is 1. The lowest BCUT2D eigenvalue weighted by molar-refractivity contribution is 0.0527. The highest BCUT2D eigenvalue weighted by molar-refractivity contribution is 6.33. The number of esters is 1. The molecule has 0 heterocycles. The first-order valence-corrected chi connectivity index (χ1v) is 7.62. The lowest BCUT2D eigenvalue weighted by Gasteiger charge is -2.19. The Bertz CT molecular complexity index is 591. The van der Waals surface area contributed by atoms with E-state index in [0.29, 0.717) is 23.6 Å². The predicted molar refractivity (Wildman–Crippen MR) is 90.7 cm³/mol. The zero-order chi connectivity index (χ0) is 17.5. The van der Waals surface area contributed by atoms with Crippen LogP contribution >= 0.6 is 11.6 Å². The third kappa shape index (κ3) is 7.19. The Morgan fingerprint density at radius 1 is 1.30 bits per heavy atom. The normalized spacial score (nSPS) is 11.3. The number of hydrogen-bond donors (Lipinski definition) is 1. The Kier molecular flexibility index (Phi) is 7.10. The van der Waals surface area contributed by atoms with Crippen molar-refractivity contribution in [1.82, 2.24) is 5.32 Å². The van der Waals surface area contributed by atoms with E-state index in [4.69, 9.17) is 16.3 Å². The van der Waals surface area contributed by atoms with E-state index >= 15 is 0 Å². The minimum Gasteiger partial charge on any atom is -0.465 e. The number of amides is 1. The summed E-state index contributed by atoms with van der Waals surface area (Å²) in [6, 6.07) is 5.10. The summed E-state index contributed by atoms with van der Waals surface area (Å²) in [7, 11) is 1.31. The molecule has 1 N–H and O–H groups in total. The molecule has 1 amide bonds. The molecule has 0 aromatic heterocycles. The maximum atomic E-state index is 11.6. The Labute approximate surface area is 141 Å². The molecule has 0 radical (unpaired) electrons. The molecule has 126 valence electrons. The van der Waals surface area contributed by atoms with Gasteiger partial charge in [-0.3, -0.25) is 0 Å². The zero-order valence-corrected chi connectivity index (χ0v) is 14.6. The van der Waals surface area contributed by atoms with Crippen LogP contribution in [-0.4, -0.2) is 31.3 Å². The fraction of sp³-hybridized carbons (Fsp3) is 0.412. The molecule has 1 aromatic carbocycles. The highest BCUT2D eigenvalue weighted by atomic mass is 35.5. The molecule has 0 aliphatic rings. The predicted octanol–water partition coefficient (Wildman–Crippen LogP) is 4.05. The van der Waals surface area contributed by atoms with Gasteiger partial charge in [0.25, 0.3) is 0 Å². The largest absolute Gasteiger partial charge is 0.465 e. The van der Waals surface area contributed by atoms with Crippen LogP contribution < -0.4 is 5.32 Å². The van der Waals surface area contributed by atoms with Crippen molar-refractivity contribution in [2.45, 2.75) is 32.8 Å². The van der Waals surface area contributed by atoms with Crippen LogP contribution in [0.25, 0.3) is 6.08 Å². The van der Waals surface area contributed by atoms with Gasteiger partial charge in [-0.05, 0) is 44.9 Å². The summed E-state index contributed by atoms with van der Waals surface area (Å²) in [6.07, 6.45) is 3.93. The van der Waals surface area contributed by atoms with Gasteiger partial charge in [0.15, 0.2) is 0 Å². The molecule has 0 saturated heterocycles. The highest BCUT2D eigenvalue weighted by Gasteiger charge is 2.15. The van der Waals surface area contributed by atoms with Crippen LogP contribution in [0.1, 0.15) is 43.1 Å². The molecule has 0 aliphatic carbocycles. The van der Waals surface area contributed by atoms with Gasteiger partial charge in [0.2, 0.25) is 0 Å². The van der Waals surface area contributed by atoms with Crippen molar-refractivity contribution in [2.75, 3.05) is 13.7 Å². The molecule has 0 aliphatic heterocycles. The summed E-state index contributed by atoms with van der Waals surface area (Å²) in [6.45, 7) is 5.90. The number of benzene rings is 1. The standard InChI is InChI=1S/C17H22ClNO4/c1-17(2,3)23-16(21)19-10-6-5-7-12-8-9-14(18)13(11-12)15(20)22-4/h5,7-9,11H,6,10H2,1-4H3,(H,19,21). The summed E-state index contributed by atoms with van der Waals surface area (Å²) in [5, 5.41) is 3.01. The maximum absolute atomic E-state index is 11.6. The van der Waals surface area contributed by atoms with E-state index in [1.54, 1.807) is 18.2 Å². The Hall–Kier alpha value is -2.01. The average molecular weight is 340 g/mol. The van der Waals surface area contributed by atoms with E-state index in [2.05, 4.69) is 10.1 Å². The number of methoxy groups -OCH3 is 1. The monoisotopic (exact) mass is 339 g/mol. The number of rotatable bonds is 5. The molecule has 0 saturated carbocycles. The number of hydrogen-bond acceptors (Lipinski definition) is 4. The molecule has 0 bridgehead atoms. The Balaban J connectivity index is 2.50. The Morgan fingerprint density at radius 2 is 2.00 bits per heavy atom. The fourth-order valence-electron chi connectivity index (χ4n) is 1.70. The van der Waals surface area contributed by atoms with Gasteiger partial charge < -0.3 is 14.8 Å². The molecular formula is C17H22ClNO4. The van der Waals surface area contributed by atoms with Crippen LogP contribution in [-0.2, 0) is 9.47 Å². The second-order valence-corrected chi connectivity index (χ2v) is 6.26. The number of ether oxygens (including phenoxy) is 2. The van der Waals surface area contributed by atoms with Crippen LogP contribution in [0.5, 0.6) is 0 Å². The van der Waals surface area contributed by atoms with Crippen LogP contribution in [0, 0.1) is 0 Å². The second-order valence-electron chi connectivity index (χ2n) is 5.85. The van der Waals surface area contributed by atoms with Gasteiger partial charge in [-0.2, -0.15) is 0 Å². The van der Waals surface area contributed by atoms with Crippen LogP contribution in [0.4, 0.5) is 4.79 Å². The number of carbonyl (C=O) groups is 2. The first-order valence-electron chi connectivity index (χ1n) is 7.24. The van der Waals surface area contributed by atoms with Gasteiger partial charge in [0.05, 0.1) is 17.7 Å². The molecule has 0 spiro atoms. The van der Waals surface area contributed by atoms with Gasteiger partial charge in [-0.1, -0.05) is 29.8 Å². The van der Waals surface area contributed by atoms with Crippen LogP contribution in [0.3, 0.4) is 0 Å². The van der Waals surface area contributed by atoms with E-state index in [0.717, 1.165) is 5.56 Å². The summed E-state index contributed by atoms with van der Waals surface area (Å²) in [5.41, 5.74) is 0.642. The van der Waals surface area contributed by atoms with E-state index in [-0.39, 0.29) is 0 Å². The number of halogens is 1. The second kappa shape index (κ2) is 8.58. The minimum atomic E-state index is -0.506. The zero-order valence-electron chi connectivity index (χ0n) is 13.8. The number of nitrogens with one attached hydrogen (secondary N) is 1. The molecule has 5 nitrogen and oxygen atoms in total. The highest BCUT2D eigenvalue weighted by Crippen LogP contribution is 2.19. The third-order valence-electron chi connectivity index (χ3n) is 2.69. The molecule has 0 atom stereocenters. The lowest BCUT2D eigenvalue weighted by atomic mass is 10.1. The van der Waals surface area contributed by atoms with E-state index in [1.165, 1.54) is 7.11 Å². The summed E-state index contributed by atoms with van der Waals surface area (Å²) < 4.78 is 9.80. The van der Waals surface area contributed by atoms with Crippen molar-refractivity contribution in [2.24, 2.45) is 0 Å². The summed E-state index contributed by atoms with van der Waals surface area (Å²) in [5.74, 6) is -0.475. The van der Waals surface area contributed by atoms with E-state index < -0.39 is 17.7 Å². The number of carbonyl (C=O) groups excluding carboxylic acids is 2. The first kappa shape index (κ1) is 19.0. The molecular weight excluding hydrogens is 318 g/mol. The van der Waals surface area contributed by atoms with Crippen molar-refractivity contribution in [3.63, 3.8) is 0 Å². The summed E-state index contributed by atoms with van der Waals surface area (Å²) in [4.78, 5) is 23.0. The maximum Gasteiger partial charge on any atom is 0.407 e. The van der Waals surface area contributed by atoms with Gasteiger partial charge in [0, 0.05) is 6.54 Å². The van der Waals surface area contributed by atoms with Gasteiger partial charge >= 0.3 is 12.1 Å². The van der Waals surface area contributed by atoms with Gasteiger partial charge in [-0.15, -0.1) is 0 Å². The van der Waals surface area contributed by atoms with Gasteiger partial charge in [0.1, 0.15) is 5.60 Å². The molecule has 1 rings (SSSR count). The summed E-state index contributed by atoms with van der Waals surface area (Å²) >= 11 is 5.95. The van der Waals surface area contributed by atoms with Crippen molar-refractivity contribution >= 4 is 29.7 Å². The minimum absolute atomic E-state index is 0.322. The first-order chi connectivity index (χ1) is 10.7. The smallest absolute Gasteiger partial charge is 0.407 e. The lowest BCUT2D eigenvalue weighted by Crippen LogP contribution is -2.32. The average Bonchev–Trinajstić information content (AvgIpc) is 2.45. The van der Waals surface area contributed by atoms with Crippen LogP contribution in [0.15, 0.2) is 24.3 Å². The van der Waals surface area contributed by atoms with Crippen molar-refractivity contribution in [1.29, 1.82) is 0 Å². The van der Waals surface area contributed by atoms with Crippen molar-refractivity contribution in [3.05, 3.63) is 40.4 Å². The molecule has 23 heavy (non-hydrogen) atoms. The quantitative estimate of drug-likeness (QED) is 0.649. The topological polar surface area (TPSA) is 64.6 Å².